The summed E-state index contributed by atoms with van der Waals surface area (Å²) in [5.74, 6) is 0.696. The third kappa shape index (κ3) is 4.16. The number of aromatic amines is 1. The molecule has 1 amide bonds. The van der Waals surface area contributed by atoms with E-state index in [0.29, 0.717) is 12.2 Å². The highest BCUT2D eigenvalue weighted by atomic mass is 16.5. The molecule has 0 fully saturated rings. The van der Waals surface area contributed by atoms with Crippen molar-refractivity contribution in [1.82, 2.24) is 10.3 Å². The van der Waals surface area contributed by atoms with Crippen LogP contribution in [0.4, 0.5) is 0 Å². The van der Waals surface area contributed by atoms with Crippen molar-refractivity contribution in [2.24, 2.45) is 0 Å². The number of amides is 1. The molecule has 106 valence electrons. The highest BCUT2D eigenvalue weighted by Gasteiger charge is 2.12. The smallest absolute Gasteiger partial charge is 0.267 e. The number of hydrogen-bond acceptors (Lipinski definition) is 2. The molecular formula is C16H20N2O2. The van der Waals surface area contributed by atoms with Gasteiger partial charge in [-0.25, -0.2) is 0 Å². The van der Waals surface area contributed by atoms with Crippen LogP contribution in [0, 0.1) is 0 Å². The molecule has 1 aromatic heterocycles. The molecule has 20 heavy (non-hydrogen) atoms. The quantitative estimate of drug-likeness (QED) is 0.898. The summed E-state index contributed by atoms with van der Waals surface area (Å²) in [6, 6.07) is 11.3. The second-order valence-electron chi connectivity index (χ2n) is 5.63. The van der Waals surface area contributed by atoms with Crippen LogP contribution in [-0.4, -0.2) is 16.5 Å². The summed E-state index contributed by atoms with van der Waals surface area (Å²) in [6.45, 7) is 6.49. The van der Waals surface area contributed by atoms with Gasteiger partial charge in [0.25, 0.3) is 5.91 Å². The first-order chi connectivity index (χ1) is 9.44. The highest BCUT2D eigenvalue weighted by Crippen LogP contribution is 2.19. The van der Waals surface area contributed by atoms with E-state index < -0.39 is 0 Å². The van der Waals surface area contributed by atoms with E-state index in [9.17, 15) is 4.79 Å². The minimum Gasteiger partial charge on any atom is -0.488 e. The van der Waals surface area contributed by atoms with Crippen LogP contribution in [0.25, 0.3) is 0 Å². The second-order valence-corrected chi connectivity index (χ2v) is 5.63. The Labute approximate surface area is 119 Å². The molecule has 0 bridgehead atoms. The predicted octanol–water partition coefficient (Wildman–Crippen LogP) is 3.12. The third-order valence-corrected chi connectivity index (χ3v) is 2.62. The minimum atomic E-state index is -0.230. The van der Waals surface area contributed by atoms with Crippen molar-refractivity contribution in [1.29, 1.82) is 0 Å². The molecule has 0 saturated heterocycles. The number of hydrogen-bond donors (Lipinski definition) is 2. The van der Waals surface area contributed by atoms with Crippen molar-refractivity contribution in [2.75, 3.05) is 0 Å². The van der Waals surface area contributed by atoms with Crippen LogP contribution in [0.2, 0.25) is 0 Å². The summed E-state index contributed by atoms with van der Waals surface area (Å²) in [6.07, 6.45) is 1.73. The Bertz CT molecular complexity index is 568. The van der Waals surface area contributed by atoms with Gasteiger partial charge in [0.15, 0.2) is 0 Å². The number of nitrogens with one attached hydrogen (secondary N) is 2. The molecule has 0 atom stereocenters. The highest BCUT2D eigenvalue weighted by molar-refractivity contribution is 5.92. The molecule has 2 rings (SSSR count). The molecule has 0 unspecified atom stereocenters. The number of rotatable bonds is 4. The van der Waals surface area contributed by atoms with Crippen LogP contribution in [0.3, 0.4) is 0 Å². The number of benzene rings is 1. The van der Waals surface area contributed by atoms with Gasteiger partial charge in [-0.1, -0.05) is 12.1 Å². The average Bonchev–Trinajstić information content (AvgIpc) is 2.88. The first-order valence-electron chi connectivity index (χ1n) is 6.63. The zero-order valence-corrected chi connectivity index (χ0v) is 12.1. The predicted molar refractivity (Wildman–Crippen MR) is 78.8 cm³/mol. The molecule has 0 aliphatic heterocycles. The molecule has 0 radical (unpaired) electrons. The maximum absolute atomic E-state index is 11.8. The zero-order chi connectivity index (χ0) is 14.6. The van der Waals surface area contributed by atoms with Gasteiger partial charge >= 0.3 is 0 Å². The standard InChI is InChI=1S/C16H20N2O2/c1-16(2,3)20-13-7-4-6-12(10-13)11-18-15(19)14-8-5-9-17-14/h4-10,17H,11H2,1-3H3,(H,18,19). The van der Waals surface area contributed by atoms with E-state index >= 15 is 0 Å². The Morgan fingerprint density at radius 2 is 2.05 bits per heavy atom. The number of H-pyrrole nitrogens is 1. The maximum Gasteiger partial charge on any atom is 0.267 e. The normalized spacial score (nSPS) is 11.2. The molecule has 2 N–H and O–H groups in total. The van der Waals surface area contributed by atoms with E-state index in [2.05, 4.69) is 10.3 Å². The Hall–Kier alpha value is -2.23. The number of ether oxygens (including phenoxy) is 1. The van der Waals surface area contributed by atoms with Crippen molar-refractivity contribution in [2.45, 2.75) is 32.9 Å². The summed E-state index contributed by atoms with van der Waals surface area (Å²) < 4.78 is 5.80. The van der Waals surface area contributed by atoms with Gasteiger partial charge in [0.05, 0.1) is 0 Å². The van der Waals surface area contributed by atoms with Crippen molar-refractivity contribution in [3.8, 4) is 5.75 Å². The van der Waals surface area contributed by atoms with Crippen LogP contribution < -0.4 is 10.1 Å². The Balaban J connectivity index is 1.96. The van der Waals surface area contributed by atoms with Crippen molar-refractivity contribution in [3.63, 3.8) is 0 Å². The van der Waals surface area contributed by atoms with E-state index in [1.165, 1.54) is 0 Å². The third-order valence-electron chi connectivity index (χ3n) is 2.62. The number of carbonyl (C=O) groups excluding carboxylic acids is 1. The molecule has 2 aromatic rings. The van der Waals surface area contributed by atoms with E-state index in [1.807, 2.05) is 45.0 Å². The summed E-state index contributed by atoms with van der Waals surface area (Å²) in [7, 11) is 0. The number of carbonyl (C=O) groups is 1. The van der Waals surface area contributed by atoms with Gasteiger partial charge in [0.2, 0.25) is 0 Å². The largest absolute Gasteiger partial charge is 0.488 e. The Kier molecular flexibility index (Phi) is 4.13. The second kappa shape index (κ2) is 5.82. The molecule has 1 heterocycles. The van der Waals surface area contributed by atoms with Crippen LogP contribution in [0.5, 0.6) is 5.75 Å². The fraction of sp³-hybridized carbons (Fsp3) is 0.312. The fourth-order valence-electron chi connectivity index (χ4n) is 1.82. The number of aromatic nitrogens is 1. The van der Waals surface area contributed by atoms with Gasteiger partial charge in [-0.2, -0.15) is 0 Å². The average molecular weight is 272 g/mol. The van der Waals surface area contributed by atoms with E-state index in [1.54, 1.807) is 18.3 Å². The lowest BCUT2D eigenvalue weighted by molar-refractivity contribution is 0.0946. The summed E-state index contributed by atoms with van der Waals surface area (Å²) in [5.41, 5.74) is 1.34. The molecule has 0 aliphatic carbocycles. The minimum absolute atomic E-state index is 0.114. The lowest BCUT2D eigenvalue weighted by Crippen LogP contribution is -2.24. The first kappa shape index (κ1) is 14.2. The monoisotopic (exact) mass is 272 g/mol. The molecule has 0 spiro atoms. The lowest BCUT2D eigenvalue weighted by Gasteiger charge is -2.21. The van der Waals surface area contributed by atoms with E-state index in [4.69, 9.17) is 4.74 Å². The molecule has 4 nitrogen and oxygen atoms in total. The molecule has 1 aromatic carbocycles. The van der Waals surface area contributed by atoms with Crippen molar-refractivity contribution in [3.05, 3.63) is 53.9 Å². The molecule has 0 aliphatic rings. The van der Waals surface area contributed by atoms with Gasteiger partial charge in [-0.05, 0) is 50.6 Å². The van der Waals surface area contributed by atoms with Gasteiger partial charge in [-0.3, -0.25) is 4.79 Å². The van der Waals surface area contributed by atoms with Crippen molar-refractivity contribution >= 4 is 5.91 Å². The maximum atomic E-state index is 11.8. The van der Waals surface area contributed by atoms with E-state index in [-0.39, 0.29) is 11.5 Å². The SMILES string of the molecule is CC(C)(C)Oc1cccc(CNC(=O)c2ccc[nH]2)c1. The van der Waals surface area contributed by atoms with Gasteiger partial charge < -0.3 is 15.0 Å². The van der Waals surface area contributed by atoms with E-state index in [0.717, 1.165) is 11.3 Å². The first-order valence-corrected chi connectivity index (χ1v) is 6.63. The topological polar surface area (TPSA) is 54.1 Å². The van der Waals surface area contributed by atoms with Crippen LogP contribution in [-0.2, 0) is 6.54 Å². The zero-order valence-electron chi connectivity index (χ0n) is 12.1. The van der Waals surface area contributed by atoms with Gasteiger partial charge in [-0.15, -0.1) is 0 Å². The fourth-order valence-corrected chi connectivity index (χ4v) is 1.82. The molecule has 0 saturated carbocycles. The summed E-state index contributed by atoms with van der Waals surface area (Å²) in [5, 5.41) is 2.87. The van der Waals surface area contributed by atoms with Crippen LogP contribution in [0.15, 0.2) is 42.6 Å². The Morgan fingerprint density at radius 1 is 1.25 bits per heavy atom. The molecular weight excluding hydrogens is 252 g/mol. The lowest BCUT2D eigenvalue weighted by atomic mass is 10.1. The molecule has 4 heteroatoms. The summed E-state index contributed by atoms with van der Waals surface area (Å²) in [4.78, 5) is 14.7. The van der Waals surface area contributed by atoms with Gasteiger partial charge in [0.1, 0.15) is 17.0 Å². The van der Waals surface area contributed by atoms with Gasteiger partial charge in [0, 0.05) is 12.7 Å². The van der Waals surface area contributed by atoms with Crippen molar-refractivity contribution < 1.29 is 9.53 Å². The summed E-state index contributed by atoms with van der Waals surface area (Å²) >= 11 is 0. The van der Waals surface area contributed by atoms with Crippen LogP contribution in [0.1, 0.15) is 36.8 Å². The van der Waals surface area contributed by atoms with Crippen LogP contribution >= 0.6 is 0 Å². The Morgan fingerprint density at radius 3 is 2.70 bits per heavy atom.